The average molecular weight is 281 g/mol. The Morgan fingerprint density at radius 1 is 1.40 bits per heavy atom. The van der Waals surface area contributed by atoms with Crippen LogP contribution in [0.25, 0.3) is 11.1 Å². The Labute approximate surface area is 114 Å². The van der Waals surface area contributed by atoms with E-state index in [1.54, 1.807) is 6.07 Å². The number of carbonyl (C=O) groups excluding carboxylic acids is 2. The first-order valence-corrected chi connectivity index (χ1v) is 6.20. The van der Waals surface area contributed by atoms with Gasteiger partial charge in [-0.05, 0) is 6.42 Å². The second kappa shape index (κ2) is 6.14. The minimum Gasteiger partial charge on any atom is -0.463 e. The molecule has 0 fully saturated rings. The van der Waals surface area contributed by atoms with Gasteiger partial charge in [0, 0.05) is 19.1 Å². The van der Waals surface area contributed by atoms with Crippen LogP contribution < -0.4 is 0 Å². The fraction of sp³-hybridized carbons (Fsp3) is 0.385. The highest BCUT2D eigenvalue weighted by Gasteiger charge is 2.18. The summed E-state index contributed by atoms with van der Waals surface area (Å²) in [7, 11) is 0. The van der Waals surface area contributed by atoms with Crippen LogP contribution in [-0.2, 0) is 14.2 Å². The first kappa shape index (κ1) is 14.0. The summed E-state index contributed by atoms with van der Waals surface area (Å²) in [5.41, 5.74) is 1.46. The van der Waals surface area contributed by atoms with E-state index in [0.717, 1.165) is 0 Å². The van der Waals surface area contributed by atoms with Gasteiger partial charge < -0.3 is 23.6 Å². The first-order valence-electron chi connectivity index (χ1n) is 6.20. The summed E-state index contributed by atoms with van der Waals surface area (Å²) in [6, 6.07) is 3.20. The molecule has 7 heteroatoms. The molecule has 2 aromatic heterocycles. The van der Waals surface area contributed by atoms with E-state index < -0.39 is 18.4 Å². The Kier molecular flexibility index (Phi) is 4.29. The summed E-state index contributed by atoms with van der Waals surface area (Å²) in [6.45, 7) is 3.54. The molecular formula is C13H15NO6. The molecule has 0 aromatic carbocycles. The van der Waals surface area contributed by atoms with Crippen LogP contribution in [0.4, 0.5) is 4.79 Å². The minimum absolute atomic E-state index is 0.219. The number of hydrogen-bond donors (Lipinski definition) is 1. The number of esters is 1. The lowest BCUT2D eigenvalue weighted by Crippen LogP contribution is -2.22. The standard InChI is InChI=1S/C13H15NO6/c1-3-5-18-13(16)20-8(2)19-12(15)10-7-11-9(14-10)4-6-17-11/h4,6-8,14H,3,5H2,1-2H3. The zero-order valence-electron chi connectivity index (χ0n) is 11.2. The second-order valence-electron chi connectivity index (χ2n) is 4.07. The number of aromatic nitrogens is 1. The largest absolute Gasteiger partial charge is 0.511 e. The molecule has 1 N–H and O–H groups in total. The highest BCUT2D eigenvalue weighted by molar-refractivity contribution is 5.93. The number of furan rings is 1. The number of hydrogen-bond acceptors (Lipinski definition) is 6. The lowest BCUT2D eigenvalue weighted by atomic mass is 10.4. The van der Waals surface area contributed by atoms with Crippen molar-refractivity contribution in [1.29, 1.82) is 0 Å². The first-order chi connectivity index (χ1) is 9.60. The number of H-pyrrole nitrogens is 1. The third-order valence-electron chi connectivity index (χ3n) is 2.42. The van der Waals surface area contributed by atoms with Crippen molar-refractivity contribution in [3.63, 3.8) is 0 Å². The van der Waals surface area contributed by atoms with Gasteiger partial charge in [0.15, 0.2) is 5.58 Å². The molecule has 0 saturated heterocycles. The second-order valence-corrected chi connectivity index (χ2v) is 4.07. The van der Waals surface area contributed by atoms with Gasteiger partial charge in [-0.15, -0.1) is 0 Å². The normalized spacial score (nSPS) is 12.1. The van der Waals surface area contributed by atoms with E-state index >= 15 is 0 Å². The van der Waals surface area contributed by atoms with Crippen molar-refractivity contribution in [2.24, 2.45) is 0 Å². The molecule has 108 valence electrons. The fourth-order valence-electron chi connectivity index (χ4n) is 1.55. The van der Waals surface area contributed by atoms with Gasteiger partial charge in [0.25, 0.3) is 0 Å². The quantitative estimate of drug-likeness (QED) is 0.669. The molecule has 2 rings (SSSR count). The predicted octanol–water partition coefficient (Wildman–Crippen LogP) is 2.83. The molecule has 0 radical (unpaired) electrons. The molecule has 1 unspecified atom stereocenters. The predicted molar refractivity (Wildman–Crippen MR) is 68.2 cm³/mol. The van der Waals surface area contributed by atoms with Crippen LogP contribution in [0.3, 0.4) is 0 Å². The van der Waals surface area contributed by atoms with Crippen LogP contribution in [0.1, 0.15) is 30.8 Å². The van der Waals surface area contributed by atoms with E-state index in [1.165, 1.54) is 19.3 Å². The number of nitrogens with one attached hydrogen (secondary N) is 1. The molecule has 0 saturated carbocycles. The molecule has 2 heterocycles. The smallest absolute Gasteiger partial charge is 0.463 e. The van der Waals surface area contributed by atoms with Gasteiger partial charge in [-0.2, -0.15) is 0 Å². The molecular weight excluding hydrogens is 266 g/mol. The van der Waals surface area contributed by atoms with E-state index in [2.05, 4.69) is 4.98 Å². The Hall–Kier alpha value is -2.44. The Morgan fingerprint density at radius 2 is 2.20 bits per heavy atom. The molecule has 20 heavy (non-hydrogen) atoms. The van der Waals surface area contributed by atoms with Crippen molar-refractivity contribution in [2.75, 3.05) is 6.61 Å². The molecule has 0 amide bonds. The molecule has 7 nitrogen and oxygen atoms in total. The van der Waals surface area contributed by atoms with Crippen LogP contribution in [0.2, 0.25) is 0 Å². The van der Waals surface area contributed by atoms with E-state index in [9.17, 15) is 9.59 Å². The Morgan fingerprint density at radius 3 is 2.90 bits per heavy atom. The third kappa shape index (κ3) is 3.31. The van der Waals surface area contributed by atoms with Crippen molar-refractivity contribution in [3.05, 3.63) is 24.1 Å². The molecule has 0 aliphatic rings. The van der Waals surface area contributed by atoms with E-state index in [-0.39, 0.29) is 12.3 Å². The minimum atomic E-state index is -1.04. The topological polar surface area (TPSA) is 90.8 Å². The highest BCUT2D eigenvalue weighted by Crippen LogP contribution is 2.17. The van der Waals surface area contributed by atoms with Crippen molar-refractivity contribution >= 4 is 23.2 Å². The fourth-order valence-corrected chi connectivity index (χ4v) is 1.55. The molecule has 0 spiro atoms. The van der Waals surface area contributed by atoms with Gasteiger partial charge in [-0.1, -0.05) is 6.92 Å². The average Bonchev–Trinajstić information content (AvgIpc) is 2.96. The Balaban J connectivity index is 1.87. The summed E-state index contributed by atoms with van der Waals surface area (Å²) < 4.78 is 19.5. The van der Waals surface area contributed by atoms with Gasteiger partial charge in [0.05, 0.1) is 18.4 Å². The van der Waals surface area contributed by atoms with Crippen molar-refractivity contribution in [2.45, 2.75) is 26.6 Å². The number of rotatable bonds is 5. The maximum Gasteiger partial charge on any atom is 0.511 e. The molecule has 2 aromatic rings. The van der Waals surface area contributed by atoms with Gasteiger partial charge in [0.2, 0.25) is 6.29 Å². The van der Waals surface area contributed by atoms with Crippen LogP contribution >= 0.6 is 0 Å². The molecule has 0 bridgehead atoms. The summed E-state index contributed by atoms with van der Waals surface area (Å²) in [5, 5.41) is 0. The van der Waals surface area contributed by atoms with Gasteiger partial charge in [0.1, 0.15) is 5.69 Å². The van der Waals surface area contributed by atoms with Crippen molar-refractivity contribution in [3.8, 4) is 0 Å². The van der Waals surface area contributed by atoms with Gasteiger partial charge in [-0.25, -0.2) is 9.59 Å². The van der Waals surface area contributed by atoms with Crippen molar-refractivity contribution < 1.29 is 28.2 Å². The summed E-state index contributed by atoms with van der Waals surface area (Å²) in [6.07, 6.45) is 0.283. The summed E-state index contributed by atoms with van der Waals surface area (Å²) >= 11 is 0. The SMILES string of the molecule is CCCOC(=O)OC(C)OC(=O)c1cc2occc2[nH]1. The van der Waals surface area contributed by atoms with Crippen molar-refractivity contribution in [1.82, 2.24) is 4.98 Å². The van der Waals surface area contributed by atoms with Crippen LogP contribution in [0.5, 0.6) is 0 Å². The number of fused-ring (bicyclic) bond motifs is 1. The van der Waals surface area contributed by atoms with Crippen LogP contribution in [0, 0.1) is 0 Å². The third-order valence-corrected chi connectivity index (χ3v) is 2.42. The highest BCUT2D eigenvalue weighted by atomic mass is 16.8. The van der Waals surface area contributed by atoms with E-state index in [4.69, 9.17) is 18.6 Å². The maximum atomic E-state index is 11.8. The van der Waals surface area contributed by atoms with E-state index in [1.807, 2.05) is 6.92 Å². The lowest BCUT2D eigenvalue weighted by molar-refractivity contribution is -0.0821. The summed E-state index contributed by atoms with van der Waals surface area (Å²) in [5.74, 6) is -0.646. The number of ether oxygens (including phenoxy) is 3. The number of carbonyl (C=O) groups is 2. The van der Waals surface area contributed by atoms with Crippen LogP contribution in [0.15, 0.2) is 22.8 Å². The zero-order valence-corrected chi connectivity index (χ0v) is 11.2. The zero-order chi connectivity index (χ0) is 14.5. The van der Waals surface area contributed by atoms with Crippen LogP contribution in [-0.4, -0.2) is 30.0 Å². The molecule has 0 aliphatic heterocycles. The summed E-state index contributed by atoms with van der Waals surface area (Å²) in [4.78, 5) is 25.8. The molecule has 1 atom stereocenters. The number of aromatic amines is 1. The Bertz CT molecular complexity index is 570. The van der Waals surface area contributed by atoms with Gasteiger partial charge in [-0.3, -0.25) is 0 Å². The monoisotopic (exact) mass is 281 g/mol. The maximum absolute atomic E-state index is 11.8. The van der Waals surface area contributed by atoms with E-state index in [0.29, 0.717) is 17.5 Å². The lowest BCUT2D eigenvalue weighted by Gasteiger charge is -2.13. The molecule has 0 aliphatic carbocycles. The van der Waals surface area contributed by atoms with Gasteiger partial charge >= 0.3 is 12.1 Å².